The molecule has 156 valence electrons. The highest BCUT2D eigenvalue weighted by Gasteiger charge is 2.35. The number of carbonyl (C=O) groups excluding carboxylic acids is 1. The van der Waals surface area contributed by atoms with E-state index in [2.05, 4.69) is 9.94 Å². The molecule has 0 radical (unpaired) electrons. The molecule has 0 spiro atoms. The summed E-state index contributed by atoms with van der Waals surface area (Å²) in [5, 5.41) is 14.6. The van der Waals surface area contributed by atoms with Gasteiger partial charge >= 0.3 is 6.18 Å². The molecule has 0 fully saturated rings. The maximum atomic E-state index is 14.1. The molecule has 30 heavy (non-hydrogen) atoms. The lowest BCUT2D eigenvalue weighted by Gasteiger charge is -2.22. The van der Waals surface area contributed by atoms with Crippen LogP contribution in [0.5, 0.6) is 0 Å². The lowest BCUT2D eigenvalue weighted by Crippen LogP contribution is -2.41. The molecule has 9 heteroatoms. The standard InChI is InChI=1S/C21H17F4N3O2/c1-12-4-7-17-14(8-12)19(22)27-28(17)11-20(2,30)18(29)10-13-5-6-16(26-3)15(9-13)21(23,24)25/h4-9,30H,10-11H2,1-2H3/t20-/m0/s1. The van der Waals surface area contributed by atoms with Crippen molar-refractivity contribution in [3.05, 3.63) is 70.5 Å². The van der Waals surface area contributed by atoms with Crippen molar-refractivity contribution in [2.24, 2.45) is 0 Å². The molecule has 1 aromatic heterocycles. The number of hydrogen-bond donors (Lipinski definition) is 1. The third-order valence-corrected chi connectivity index (χ3v) is 4.77. The van der Waals surface area contributed by atoms with Crippen molar-refractivity contribution < 1.29 is 27.5 Å². The predicted octanol–water partition coefficient (Wildman–Crippen LogP) is 4.62. The van der Waals surface area contributed by atoms with E-state index >= 15 is 0 Å². The Kier molecular flexibility index (Phi) is 5.39. The summed E-state index contributed by atoms with van der Waals surface area (Å²) in [5.74, 6) is -1.51. The number of nitrogens with zero attached hydrogens (tertiary/aromatic N) is 3. The number of aromatic nitrogens is 2. The van der Waals surface area contributed by atoms with Gasteiger partial charge in [0.1, 0.15) is 5.60 Å². The van der Waals surface area contributed by atoms with Crippen LogP contribution < -0.4 is 0 Å². The summed E-state index contributed by atoms with van der Waals surface area (Å²) in [7, 11) is 0. The minimum Gasteiger partial charge on any atom is -0.380 e. The van der Waals surface area contributed by atoms with Gasteiger partial charge < -0.3 is 5.11 Å². The highest BCUT2D eigenvalue weighted by Crippen LogP contribution is 2.37. The first-order chi connectivity index (χ1) is 13.9. The van der Waals surface area contributed by atoms with Crippen LogP contribution in [0.3, 0.4) is 0 Å². The minimum atomic E-state index is -4.74. The molecule has 1 atom stereocenters. The van der Waals surface area contributed by atoms with Crippen LogP contribution in [0.1, 0.15) is 23.6 Å². The third kappa shape index (κ3) is 4.19. The van der Waals surface area contributed by atoms with Gasteiger partial charge in [0.25, 0.3) is 0 Å². The lowest BCUT2D eigenvalue weighted by atomic mass is 9.94. The molecule has 1 heterocycles. The van der Waals surface area contributed by atoms with Gasteiger partial charge in [-0.05, 0) is 31.5 Å². The van der Waals surface area contributed by atoms with Gasteiger partial charge in [0.2, 0.25) is 5.95 Å². The fourth-order valence-corrected chi connectivity index (χ4v) is 3.15. The van der Waals surface area contributed by atoms with Crippen LogP contribution in [-0.4, -0.2) is 26.3 Å². The molecule has 0 bridgehead atoms. The number of alkyl halides is 3. The van der Waals surface area contributed by atoms with Gasteiger partial charge in [-0.1, -0.05) is 29.8 Å². The molecule has 0 aliphatic carbocycles. The van der Waals surface area contributed by atoms with Gasteiger partial charge in [-0.15, -0.1) is 5.10 Å². The van der Waals surface area contributed by atoms with E-state index in [4.69, 9.17) is 6.57 Å². The number of halogens is 4. The Balaban J connectivity index is 1.86. The Hall–Kier alpha value is -3.25. The Morgan fingerprint density at radius 3 is 2.57 bits per heavy atom. The van der Waals surface area contributed by atoms with Gasteiger partial charge in [0.05, 0.1) is 29.6 Å². The van der Waals surface area contributed by atoms with E-state index in [0.29, 0.717) is 5.52 Å². The number of rotatable bonds is 5. The van der Waals surface area contributed by atoms with Gasteiger partial charge in [-0.25, -0.2) is 4.85 Å². The molecular formula is C21H17F4N3O2. The zero-order chi connectivity index (χ0) is 22.3. The average Bonchev–Trinajstić information content (AvgIpc) is 2.95. The largest absolute Gasteiger partial charge is 0.407 e. The quantitative estimate of drug-likeness (QED) is 0.485. The molecule has 1 N–H and O–H groups in total. The molecule has 0 saturated heterocycles. The van der Waals surface area contributed by atoms with Crippen molar-refractivity contribution in [1.82, 2.24) is 9.78 Å². The first kappa shape index (κ1) is 21.5. The molecule has 3 aromatic rings. The summed E-state index contributed by atoms with van der Waals surface area (Å²) in [6.07, 6.45) is -5.24. The number of aliphatic hydroxyl groups is 1. The highest BCUT2D eigenvalue weighted by molar-refractivity contribution is 5.89. The fraction of sp³-hybridized carbons (Fsp3) is 0.286. The van der Waals surface area contributed by atoms with Crippen LogP contribution in [0, 0.1) is 19.4 Å². The molecular weight excluding hydrogens is 402 g/mol. The molecule has 2 aromatic carbocycles. The Bertz CT molecular complexity index is 1170. The SMILES string of the molecule is [C-]#[N+]c1ccc(CC(=O)[C@@](C)(O)Cn2nc(F)c3cc(C)ccc32)cc1C(F)(F)F. The van der Waals surface area contributed by atoms with Crippen LogP contribution in [-0.2, 0) is 23.9 Å². The maximum Gasteiger partial charge on any atom is 0.407 e. The van der Waals surface area contributed by atoms with Crippen LogP contribution in [0.25, 0.3) is 15.7 Å². The number of Topliss-reactive ketones (excluding diaryl/α,β-unsaturated/α-hetero) is 1. The Morgan fingerprint density at radius 2 is 1.93 bits per heavy atom. The summed E-state index contributed by atoms with van der Waals surface area (Å²) in [4.78, 5) is 15.5. The third-order valence-electron chi connectivity index (χ3n) is 4.77. The van der Waals surface area contributed by atoms with E-state index in [1.165, 1.54) is 13.0 Å². The number of hydrogen-bond acceptors (Lipinski definition) is 3. The monoisotopic (exact) mass is 419 g/mol. The number of ketones is 1. The molecule has 3 rings (SSSR count). The lowest BCUT2D eigenvalue weighted by molar-refractivity contribution is -0.138. The molecule has 0 amide bonds. The summed E-state index contributed by atoms with van der Waals surface area (Å²) < 4.78 is 54.7. The zero-order valence-electron chi connectivity index (χ0n) is 16.1. The van der Waals surface area contributed by atoms with Gasteiger partial charge in [-0.2, -0.15) is 17.6 Å². The first-order valence-corrected chi connectivity index (χ1v) is 8.88. The molecule has 0 aliphatic rings. The molecule has 0 unspecified atom stereocenters. The second-order valence-corrected chi connectivity index (χ2v) is 7.30. The zero-order valence-corrected chi connectivity index (χ0v) is 16.1. The molecule has 5 nitrogen and oxygen atoms in total. The Morgan fingerprint density at radius 1 is 1.23 bits per heavy atom. The second kappa shape index (κ2) is 7.54. The van der Waals surface area contributed by atoms with E-state index in [1.54, 1.807) is 25.1 Å². The fourth-order valence-electron chi connectivity index (χ4n) is 3.15. The van der Waals surface area contributed by atoms with Crippen LogP contribution >= 0.6 is 0 Å². The van der Waals surface area contributed by atoms with Crippen molar-refractivity contribution in [3.8, 4) is 0 Å². The number of aryl methyl sites for hydroxylation is 1. The highest BCUT2D eigenvalue weighted by atomic mass is 19.4. The van der Waals surface area contributed by atoms with Crippen molar-refractivity contribution in [1.29, 1.82) is 0 Å². The van der Waals surface area contributed by atoms with Crippen molar-refractivity contribution in [3.63, 3.8) is 0 Å². The predicted molar refractivity (Wildman–Crippen MR) is 101 cm³/mol. The maximum absolute atomic E-state index is 14.1. The normalized spacial score (nSPS) is 13.8. The number of carbonyl (C=O) groups is 1. The summed E-state index contributed by atoms with van der Waals surface area (Å²) in [5.41, 5.74) is -2.52. The minimum absolute atomic E-state index is 0.00660. The molecule has 0 saturated carbocycles. The van der Waals surface area contributed by atoms with E-state index in [9.17, 15) is 27.5 Å². The van der Waals surface area contributed by atoms with Gasteiger partial charge in [0.15, 0.2) is 11.5 Å². The van der Waals surface area contributed by atoms with Crippen LogP contribution in [0.4, 0.5) is 23.2 Å². The smallest absolute Gasteiger partial charge is 0.380 e. The van der Waals surface area contributed by atoms with Crippen molar-refractivity contribution in [2.75, 3.05) is 0 Å². The summed E-state index contributed by atoms with van der Waals surface area (Å²) >= 11 is 0. The van der Waals surface area contributed by atoms with E-state index in [-0.39, 0.29) is 17.5 Å². The van der Waals surface area contributed by atoms with Crippen LogP contribution in [0.2, 0.25) is 0 Å². The first-order valence-electron chi connectivity index (χ1n) is 8.88. The number of benzene rings is 2. The summed E-state index contributed by atoms with van der Waals surface area (Å²) in [6, 6.07) is 7.89. The van der Waals surface area contributed by atoms with Gasteiger partial charge in [0, 0.05) is 6.42 Å². The van der Waals surface area contributed by atoms with Crippen LogP contribution in [0.15, 0.2) is 36.4 Å². The average molecular weight is 419 g/mol. The number of fused-ring (bicyclic) bond motifs is 1. The summed E-state index contributed by atoms with van der Waals surface area (Å²) in [6.45, 7) is 9.47. The van der Waals surface area contributed by atoms with E-state index < -0.39 is 41.2 Å². The Labute approximate surface area is 169 Å². The van der Waals surface area contributed by atoms with Gasteiger partial charge in [-0.3, -0.25) is 9.48 Å². The molecule has 0 aliphatic heterocycles. The van der Waals surface area contributed by atoms with Crippen molar-refractivity contribution >= 4 is 22.4 Å². The van der Waals surface area contributed by atoms with E-state index in [1.807, 2.05) is 0 Å². The van der Waals surface area contributed by atoms with Crippen molar-refractivity contribution in [2.45, 2.75) is 38.6 Å². The second-order valence-electron chi connectivity index (χ2n) is 7.30. The van der Waals surface area contributed by atoms with E-state index in [0.717, 1.165) is 22.4 Å². The topological polar surface area (TPSA) is 59.5 Å².